The van der Waals surface area contributed by atoms with Crippen LogP contribution in [-0.4, -0.2) is 11.9 Å². The van der Waals surface area contributed by atoms with Gasteiger partial charge >= 0.3 is 0 Å². The highest BCUT2D eigenvalue weighted by Crippen LogP contribution is 2.27. The van der Waals surface area contributed by atoms with Gasteiger partial charge in [-0.3, -0.25) is 4.79 Å². The molecule has 2 aromatic carbocycles. The average molecular weight is 337 g/mol. The molecule has 2 aromatic rings. The first-order valence-electron chi connectivity index (χ1n) is 9.09. The van der Waals surface area contributed by atoms with E-state index >= 15 is 0 Å². The van der Waals surface area contributed by atoms with Crippen LogP contribution in [0.5, 0.6) is 0 Å². The van der Waals surface area contributed by atoms with E-state index in [0.29, 0.717) is 12.3 Å². The Morgan fingerprint density at radius 3 is 2.40 bits per heavy atom. The van der Waals surface area contributed by atoms with Gasteiger partial charge < -0.3 is 16.4 Å². The number of amides is 1. The Hall–Kier alpha value is -2.33. The summed E-state index contributed by atoms with van der Waals surface area (Å²) in [6.07, 6.45) is 3.76. The molecule has 3 atom stereocenters. The van der Waals surface area contributed by atoms with Crippen molar-refractivity contribution in [3.63, 3.8) is 0 Å². The molecule has 0 aliphatic heterocycles. The molecule has 25 heavy (non-hydrogen) atoms. The molecule has 4 nitrogen and oxygen atoms in total. The molecule has 1 fully saturated rings. The monoisotopic (exact) mass is 337 g/mol. The number of nitrogens with two attached hydrogens (primary N) is 1. The molecule has 0 heterocycles. The second-order valence-electron chi connectivity index (χ2n) is 6.96. The normalized spacial score (nSPS) is 20.9. The third-order valence-corrected chi connectivity index (χ3v) is 5.02. The highest BCUT2D eigenvalue weighted by Gasteiger charge is 2.25. The minimum absolute atomic E-state index is 0.0562. The standard InChI is InChI=1S/C21H27N3O/c1-15(16-6-3-2-4-7-16)23-18-10-12-19(13-11-18)24-21(25)14-17-8-5-9-20(17)22/h2-4,6-7,10-13,15,17,20,23H,5,8-9,14,22H2,1H3,(H,24,25)/t15?,17-,20+/m0/s1. The van der Waals surface area contributed by atoms with Gasteiger partial charge in [-0.25, -0.2) is 0 Å². The predicted octanol–water partition coefficient (Wildman–Crippen LogP) is 4.32. The Bertz CT molecular complexity index is 684. The van der Waals surface area contributed by atoms with Crippen LogP contribution in [0.1, 0.15) is 44.2 Å². The zero-order chi connectivity index (χ0) is 17.6. The van der Waals surface area contributed by atoms with Crippen molar-refractivity contribution >= 4 is 17.3 Å². The van der Waals surface area contributed by atoms with Gasteiger partial charge in [0.05, 0.1) is 0 Å². The first kappa shape index (κ1) is 17.5. The number of hydrogen-bond donors (Lipinski definition) is 3. The van der Waals surface area contributed by atoms with E-state index in [4.69, 9.17) is 5.73 Å². The fourth-order valence-corrected chi connectivity index (χ4v) is 3.49. The second kappa shape index (κ2) is 8.17. The van der Waals surface area contributed by atoms with Gasteiger partial charge in [-0.15, -0.1) is 0 Å². The quantitative estimate of drug-likeness (QED) is 0.735. The molecule has 4 N–H and O–H groups in total. The number of nitrogens with one attached hydrogen (secondary N) is 2. The molecule has 132 valence electrons. The third-order valence-electron chi connectivity index (χ3n) is 5.02. The maximum atomic E-state index is 12.2. The molecule has 1 aliphatic carbocycles. The maximum absolute atomic E-state index is 12.2. The van der Waals surface area contributed by atoms with E-state index in [2.05, 4.69) is 29.7 Å². The molecule has 1 aliphatic rings. The fraction of sp³-hybridized carbons (Fsp3) is 0.381. The van der Waals surface area contributed by atoms with E-state index < -0.39 is 0 Å². The van der Waals surface area contributed by atoms with Gasteiger partial charge in [0.2, 0.25) is 5.91 Å². The van der Waals surface area contributed by atoms with E-state index in [-0.39, 0.29) is 18.0 Å². The minimum Gasteiger partial charge on any atom is -0.379 e. The third kappa shape index (κ3) is 4.83. The van der Waals surface area contributed by atoms with Gasteiger partial charge in [-0.1, -0.05) is 36.8 Å². The Balaban J connectivity index is 1.52. The van der Waals surface area contributed by atoms with E-state index in [0.717, 1.165) is 30.6 Å². The SMILES string of the molecule is CC(Nc1ccc(NC(=O)C[C@@H]2CCC[C@H]2N)cc1)c1ccccc1. The lowest BCUT2D eigenvalue weighted by Gasteiger charge is -2.17. The van der Waals surface area contributed by atoms with E-state index in [1.54, 1.807) is 0 Å². The zero-order valence-corrected chi connectivity index (χ0v) is 14.7. The number of benzene rings is 2. The topological polar surface area (TPSA) is 67.1 Å². The van der Waals surface area contributed by atoms with Crippen LogP contribution in [0.3, 0.4) is 0 Å². The molecule has 0 spiro atoms. The molecule has 0 saturated heterocycles. The van der Waals surface area contributed by atoms with Crippen LogP contribution < -0.4 is 16.4 Å². The van der Waals surface area contributed by atoms with Crippen LogP contribution in [0, 0.1) is 5.92 Å². The van der Waals surface area contributed by atoms with Crippen molar-refractivity contribution < 1.29 is 4.79 Å². The van der Waals surface area contributed by atoms with Crippen molar-refractivity contribution in [1.82, 2.24) is 0 Å². The lowest BCUT2D eigenvalue weighted by Crippen LogP contribution is -2.28. The summed E-state index contributed by atoms with van der Waals surface area (Å²) in [5, 5.41) is 6.45. The fourth-order valence-electron chi connectivity index (χ4n) is 3.49. The molecular formula is C21H27N3O. The van der Waals surface area contributed by atoms with Gasteiger partial charge in [0.15, 0.2) is 0 Å². The number of carbonyl (C=O) groups is 1. The molecule has 0 aromatic heterocycles. The molecule has 3 rings (SSSR count). The summed E-state index contributed by atoms with van der Waals surface area (Å²) in [5.74, 6) is 0.383. The highest BCUT2D eigenvalue weighted by molar-refractivity contribution is 5.91. The van der Waals surface area contributed by atoms with Crippen LogP contribution in [0.2, 0.25) is 0 Å². The van der Waals surface area contributed by atoms with Crippen molar-refractivity contribution in [3.8, 4) is 0 Å². The van der Waals surface area contributed by atoms with Crippen LogP contribution in [0.4, 0.5) is 11.4 Å². The first-order valence-corrected chi connectivity index (χ1v) is 9.09. The maximum Gasteiger partial charge on any atom is 0.224 e. The minimum atomic E-state index is 0.0562. The summed E-state index contributed by atoms with van der Waals surface area (Å²) >= 11 is 0. The lowest BCUT2D eigenvalue weighted by atomic mass is 10.00. The summed E-state index contributed by atoms with van der Waals surface area (Å²) in [4.78, 5) is 12.2. The Morgan fingerprint density at radius 1 is 1.08 bits per heavy atom. The van der Waals surface area contributed by atoms with Crippen molar-refractivity contribution in [2.45, 2.75) is 44.7 Å². The number of carbonyl (C=O) groups excluding carboxylic acids is 1. The van der Waals surface area contributed by atoms with E-state index in [1.807, 2.05) is 42.5 Å². The lowest BCUT2D eigenvalue weighted by molar-refractivity contribution is -0.117. The molecule has 0 bridgehead atoms. The number of anilines is 2. The molecule has 0 radical (unpaired) electrons. The Labute approximate surface area is 149 Å². The van der Waals surface area contributed by atoms with Crippen molar-refractivity contribution in [1.29, 1.82) is 0 Å². The zero-order valence-electron chi connectivity index (χ0n) is 14.7. The highest BCUT2D eigenvalue weighted by atomic mass is 16.1. The van der Waals surface area contributed by atoms with Crippen molar-refractivity contribution in [2.24, 2.45) is 11.7 Å². The van der Waals surface area contributed by atoms with E-state index in [1.165, 1.54) is 5.56 Å². The van der Waals surface area contributed by atoms with Crippen LogP contribution in [0.25, 0.3) is 0 Å². The number of hydrogen-bond acceptors (Lipinski definition) is 3. The molecule has 1 saturated carbocycles. The summed E-state index contributed by atoms with van der Waals surface area (Å²) in [5.41, 5.74) is 9.15. The molecule has 1 amide bonds. The molecule has 1 unspecified atom stereocenters. The number of rotatable bonds is 6. The first-order chi connectivity index (χ1) is 12.1. The van der Waals surface area contributed by atoms with Gasteiger partial charge in [0.1, 0.15) is 0 Å². The Morgan fingerprint density at radius 2 is 1.76 bits per heavy atom. The second-order valence-corrected chi connectivity index (χ2v) is 6.96. The smallest absolute Gasteiger partial charge is 0.224 e. The van der Waals surface area contributed by atoms with Gasteiger partial charge in [0, 0.05) is 29.9 Å². The average Bonchev–Trinajstić information content (AvgIpc) is 3.02. The molecule has 4 heteroatoms. The van der Waals surface area contributed by atoms with Gasteiger partial charge in [-0.2, -0.15) is 0 Å². The molecular weight excluding hydrogens is 310 g/mol. The van der Waals surface area contributed by atoms with E-state index in [9.17, 15) is 4.79 Å². The summed E-state index contributed by atoms with van der Waals surface area (Å²) in [6, 6.07) is 18.6. The van der Waals surface area contributed by atoms with Crippen molar-refractivity contribution in [2.75, 3.05) is 10.6 Å². The van der Waals surface area contributed by atoms with Gasteiger partial charge in [-0.05, 0) is 55.5 Å². The summed E-state index contributed by atoms with van der Waals surface area (Å²) in [7, 11) is 0. The largest absolute Gasteiger partial charge is 0.379 e. The predicted molar refractivity (Wildman–Crippen MR) is 103 cm³/mol. The van der Waals surface area contributed by atoms with Crippen LogP contribution >= 0.6 is 0 Å². The Kier molecular flexibility index (Phi) is 5.71. The van der Waals surface area contributed by atoms with Crippen LogP contribution in [0.15, 0.2) is 54.6 Å². The summed E-state index contributed by atoms with van der Waals surface area (Å²) < 4.78 is 0. The van der Waals surface area contributed by atoms with Gasteiger partial charge in [0.25, 0.3) is 0 Å². The summed E-state index contributed by atoms with van der Waals surface area (Å²) in [6.45, 7) is 2.13. The van der Waals surface area contributed by atoms with Crippen molar-refractivity contribution in [3.05, 3.63) is 60.2 Å². The van der Waals surface area contributed by atoms with Crippen LogP contribution in [-0.2, 0) is 4.79 Å².